The number of allylic oxidation sites excluding steroid dienone is 8. The highest BCUT2D eigenvalue weighted by atomic mass is 32.2. The largest absolute Gasteiger partial charge is 0.504 e. The number of carbonyl (C=O) groups excluding carboxylic acids is 7. The number of hydrogen-bond donors (Lipinski definition) is 9. The van der Waals surface area contributed by atoms with E-state index in [1.165, 1.54) is 26.4 Å². The van der Waals surface area contributed by atoms with Crippen LogP contribution < -0.4 is 42.0 Å². The summed E-state index contributed by atoms with van der Waals surface area (Å²) in [5.41, 5.74) is 0.860. The van der Waals surface area contributed by atoms with Gasteiger partial charge in [0.1, 0.15) is 19.3 Å². The van der Waals surface area contributed by atoms with Crippen LogP contribution in [0.3, 0.4) is 0 Å². The molecule has 0 saturated carbocycles. The number of thioether (sulfide) groups is 1. The number of methoxy groups -OCH3 is 1. The Hall–Kier alpha value is -6.59. The van der Waals surface area contributed by atoms with E-state index in [-0.39, 0.29) is 124 Å². The van der Waals surface area contributed by atoms with Crippen molar-refractivity contribution in [3.8, 4) is 11.5 Å². The lowest BCUT2D eigenvalue weighted by molar-refractivity contribution is -0.140. The molecule has 548 valence electrons. The Kier molecular flexibility index (Phi) is 50.0. The smallest absolute Gasteiger partial charge is 0.315 e. The van der Waals surface area contributed by atoms with Gasteiger partial charge in [0, 0.05) is 82.7 Å². The number of benzene rings is 1. The van der Waals surface area contributed by atoms with Crippen molar-refractivity contribution in [2.45, 2.75) is 172 Å². The van der Waals surface area contributed by atoms with Crippen molar-refractivity contribution in [1.29, 1.82) is 0 Å². The Balaban J connectivity index is 1.05. The van der Waals surface area contributed by atoms with Gasteiger partial charge in [-0.25, -0.2) is 4.79 Å². The van der Waals surface area contributed by atoms with Gasteiger partial charge in [-0.05, 0) is 101 Å². The fourth-order valence-corrected chi connectivity index (χ4v) is 11.6. The molecule has 0 unspecified atom stereocenters. The number of rotatable bonds is 62. The van der Waals surface area contributed by atoms with Gasteiger partial charge in [0.05, 0.1) is 91.7 Å². The van der Waals surface area contributed by atoms with Gasteiger partial charge in [-0.2, -0.15) is 11.8 Å². The molecule has 26 nitrogen and oxygen atoms in total. The van der Waals surface area contributed by atoms with Crippen LogP contribution in [0.1, 0.15) is 147 Å². The average molecular weight is 1390 g/mol. The summed E-state index contributed by atoms with van der Waals surface area (Å²) in [5.74, 6) is -1.49. The number of ether oxygens (including phenoxy) is 8. The summed E-state index contributed by atoms with van der Waals surface area (Å²) in [7, 11) is 1.50. The molecule has 2 fully saturated rings. The Labute approximate surface area is 579 Å². The fraction of sp³-hybridized carbons (Fsp3) is 0.686. The second-order valence-corrected chi connectivity index (χ2v) is 24.7. The maximum absolute atomic E-state index is 13.4. The first kappa shape index (κ1) is 84.6. The van der Waals surface area contributed by atoms with Crippen LogP contribution in [0.25, 0.3) is 0 Å². The van der Waals surface area contributed by atoms with Crippen LogP contribution >= 0.6 is 11.8 Å². The van der Waals surface area contributed by atoms with Gasteiger partial charge in [0.25, 0.3) is 0 Å². The van der Waals surface area contributed by atoms with E-state index in [1.807, 2.05) is 4.90 Å². The molecule has 0 spiro atoms. The molecule has 2 aliphatic heterocycles. The molecule has 3 rings (SSSR count). The standard InChI is InChI=1S/C70H114N8O18S/c1-3-4-5-6-7-8-9-10-11-12-13-14-15-16-17-18-21-30-66(84)78(52-56-31-32-59(79)60(50-56)89-2)37-24-19-20-28-62(80)72-35-40-92-46-49-96-54-65(83)73-36-41-93-47-48-95-53-64(82)71-33-25-38-90-42-44-94-45-43-91-39-26-34-74-69(87)57(51-67(85)86)75-63(81)29-23-22-27-61-68-58(55-97-61)76-70(88)77-68/h7-8,10-11,13-14,16-17,31-32,50,57-58,61,68,79H,3-6,9,12,15,18-30,33-49,51-55H2,1-2H3,(H,71,82)(H,72,80)(H,73,83)(H,74,87)(H,75,81)(H,85,86)(H2,76,77,88)/b8-7-,11-10-,14-13-,17-16-/t57-,58-,61-,68-/m0/s1. The number of unbranched alkanes of at least 4 members (excludes halogenated alkanes) is 7. The van der Waals surface area contributed by atoms with E-state index in [2.05, 4.69) is 92.7 Å². The number of hydrogen-bond acceptors (Lipinski definition) is 18. The maximum Gasteiger partial charge on any atom is 0.315 e. The monoisotopic (exact) mass is 1390 g/mol. The fourth-order valence-electron chi connectivity index (χ4n) is 10.1. The van der Waals surface area contributed by atoms with Crippen molar-refractivity contribution in [2.24, 2.45) is 0 Å². The molecule has 2 heterocycles. The molecular weight excluding hydrogens is 1270 g/mol. The minimum absolute atomic E-state index is 0.0418. The number of nitrogens with one attached hydrogen (secondary N) is 7. The van der Waals surface area contributed by atoms with Crippen molar-refractivity contribution in [3.63, 3.8) is 0 Å². The Morgan fingerprint density at radius 3 is 1.75 bits per heavy atom. The second-order valence-electron chi connectivity index (χ2n) is 23.4. The topological polar surface area (TPSA) is 338 Å². The van der Waals surface area contributed by atoms with Crippen molar-refractivity contribution >= 4 is 59.2 Å². The van der Waals surface area contributed by atoms with Crippen molar-refractivity contribution in [1.82, 2.24) is 42.1 Å². The van der Waals surface area contributed by atoms with Gasteiger partial charge in [-0.3, -0.25) is 33.6 Å². The lowest BCUT2D eigenvalue weighted by Crippen LogP contribution is -2.48. The predicted octanol–water partition coefficient (Wildman–Crippen LogP) is 6.48. The van der Waals surface area contributed by atoms with Crippen LogP contribution in [-0.4, -0.2) is 224 Å². The number of amides is 8. The summed E-state index contributed by atoms with van der Waals surface area (Å²) in [6.45, 7) is 7.77. The molecule has 27 heteroatoms. The third-order valence-electron chi connectivity index (χ3n) is 15.3. The van der Waals surface area contributed by atoms with Gasteiger partial charge in [-0.1, -0.05) is 87.3 Å². The summed E-state index contributed by atoms with van der Waals surface area (Å²) < 4.78 is 43.6. The lowest BCUT2D eigenvalue weighted by atomic mass is 10.0. The SMILES string of the molecule is CCCCC/C=C\C/C=C\C/C=C\C/C=C\CCCC(=O)N(CCCCCC(=O)NCCOCCOCC(=O)NCCOCCOCC(=O)NCCCOCCOCCOCCCNC(=O)[C@H](CC(=O)O)NC(=O)CCCC[C@@H]1SC[C@@H]2NC(=O)N[C@@H]21)Cc1ccc(O)c(OC)c1. The highest BCUT2D eigenvalue weighted by Gasteiger charge is 2.42. The third-order valence-corrected chi connectivity index (χ3v) is 16.8. The maximum atomic E-state index is 13.4. The molecule has 0 bridgehead atoms. The predicted molar refractivity (Wildman–Crippen MR) is 372 cm³/mol. The molecule has 2 saturated heterocycles. The second kappa shape index (κ2) is 57.3. The highest BCUT2D eigenvalue weighted by Crippen LogP contribution is 2.33. The molecule has 9 N–H and O–H groups in total. The summed E-state index contributed by atoms with van der Waals surface area (Å²) >= 11 is 1.80. The van der Waals surface area contributed by atoms with E-state index in [0.29, 0.717) is 117 Å². The van der Waals surface area contributed by atoms with E-state index in [4.69, 9.17) is 37.9 Å². The molecular formula is C70H114N8O18S. The number of carboxylic acid groups (broad SMARTS) is 1. The first-order chi connectivity index (χ1) is 47.3. The van der Waals surface area contributed by atoms with Crippen LogP contribution in [0.2, 0.25) is 0 Å². The van der Waals surface area contributed by atoms with E-state index in [1.54, 1.807) is 30.0 Å². The van der Waals surface area contributed by atoms with Crippen LogP contribution in [0.4, 0.5) is 4.79 Å². The van der Waals surface area contributed by atoms with Gasteiger partial charge in [0.2, 0.25) is 35.4 Å². The zero-order valence-corrected chi connectivity index (χ0v) is 58.5. The number of phenols is 1. The number of aliphatic carboxylic acids is 1. The molecule has 4 atom stereocenters. The van der Waals surface area contributed by atoms with Crippen molar-refractivity contribution in [3.05, 3.63) is 72.4 Å². The normalized spacial score (nSPS) is 15.4. The number of nitrogens with zero attached hydrogens (tertiary/aromatic N) is 1. The number of urea groups is 1. The van der Waals surface area contributed by atoms with Crippen LogP contribution in [0.15, 0.2) is 66.8 Å². The van der Waals surface area contributed by atoms with Gasteiger partial charge < -0.3 is 90.2 Å². The van der Waals surface area contributed by atoms with Gasteiger partial charge in [0.15, 0.2) is 11.5 Å². The number of fused-ring (bicyclic) bond motifs is 1. The van der Waals surface area contributed by atoms with E-state index in [0.717, 1.165) is 75.5 Å². The number of carbonyl (C=O) groups is 8. The zero-order valence-electron chi connectivity index (χ0n) is 57.6. The van der Waals surface area contributed by atoms with Gasteiger partial charge >= 0.3 is 12.0 Å². The van der Waals surface area contributed by atoms with Crippen molar-refractivity contribution in [2.75, 3.05) is 138 Å². The highest BCUT2D eigenvalue weighted by molar-refractivity contribution is 8.00. The van der Waals surface area contributed by atoms with E-state index in [9.17, 15) is 48.6 Å². The number of carboxylic acids is 1. The summed E-state index contributed by atoms with van der Waals surface area (Å²) in [6.07, 6.45) is 32.7. The van der Waals surface area contributed by atoms with Crippen LogP contribution in [-0.2, 0) is 73.3 Å². The average Bonchev–Trinajstić information content (AvgIpc) is 1.69. The Morgan fingerprint density at radius 2 is 1.13 bits per heavy atom. The molecule has 8 amide bonds. The molecule has 0 aliphatic carbocycles. The molecule has 1 aromatic carbocycles. The van der Waals surface area contributed by atoms with Crippen LogP contribution in [0, 0.1) is 0 Å². The van der Waals surface area contributed by atoms with Crippen molar-refractivity contribution < 1.29 is 86.5 Å². The summed E-state index contributed by atoms with van der Waals surface area (Å²) in [6, 6.07) is 4.01. The van der Waals surface area contributed by atoms with E-state index < -0.39 is 24.3 Å². The molecule has 2 aliphatic rings. The summed E-state index contributed by atoms with van der Waals surface area (Å²) in [4.78, 5) is 100. The molecule has 0 radical (unpaired) electrons. The zero-order chi connectivity index (χ0) is 70.0. The van der Waals surface area contributed by atoms with E-state index >= 15 is 0 Å². The lowest BCUT2D eigenvalue weighted by Gasteiger charge is -2.23. The Morgan fingerprint density at radius 1 is 0.588 bits per heavy atom. The van der Waals surface area contributed by atoms with Crippen LogP contribution in [0.5, 0.6) is 11.5 Å². The first-order valence-electron chi connectivity index (χ1n) is 34.8. The minimum atomic E-state index is -1.20. The molecule has 97 heavy (non-hydrogen) atoms. The summed E-state index contributed by atoms with van der Waals surface area (Å²) in [5, 5.41) is 39.1. The third kappa shape index (κ3) is 44.9. The first-order valence-corrected chi connectivity index (χ1v) is 35.9. The molecule has 0 aromatic heterocycles. The quantitative estimate of drug-likeness (QED) is 0.0191. The number of phenolic OH excluding ortho intramolecular Hbond substituents is 1. The Bertz CT molecular complexity index is 2490. The number of aromatic hydroxyl groups is 1. The molecule has 1 aromatic rings. The van der Waals surface area contributed by atoms with Gasteiger partial charge in [-0.15, -0.1) is 0 Å². The minimum Gasteiger partial charge on any atom is -0.504 e.